The van der Waals surface area contributed by atoms with Gasteiger partial charge >= 0.3 is 5.97 Å². The monoisotopic (exact) mass is 255 g/mol. The van der Waals surface area contributed by atoms with Gasteiger partial charge in [0, 0.05) is 0 Å². The number of aryl methyl sites for hydroxylation is 2. The van der Waals surface area contributed by atoms with Crippen LogP contribution < -0.4 is 5.73 Å². The van der Waals surface area contributed by atoms with Gasteiger partial charge in [0.1, 0.15) is 10.0 Å². The van der Waals surface area contributed by atoms with Gasteiger partial charge in [0.15, 0.2) is 5.69 Å². The van der Waals surface area contributed by atoms with E-state index in [1.165, 1.54) is 22.7 Å². The van der Waals surface area contributed by atoms with Crippen LogP contribution in [-0.2, 0) is 0 Å². The van der Waals surface area contributed by atoms with Crippen LogP contribution in [0.3, 0.4) is 0 Å². The molecule has 0 fully saturated rings. The smallest absolute Gasteiger partial charge is 0.357 e. The minimum atomic E-state index is -1.10. The third kappa shape index (κ3) is 1.79. The molecule has 0 spiro atoms. The Balaban J connectivity index is 2.53. The van der Waals surface area contributed by atoms with Crippen LogP contribution in [-0.4, -0.2) is 21.0 Å². The van der Waals surface area contributed by atoms with Gasteiger partial charge in [-0.15, -0.1) is 11.3 Å². The van der Waals surface area contributed by atoms with Crippen molar-refractivity contribution < 1.29 is 9.90 Å². The molecule has 84 valence electrons. The zero-order chi connectivity index (χ0) is 11.9. The fourth-order valence-electron chi connectivity index (χ4n) is 1.31. The van der Waals surface area contributed by atoms with E-state index in [1.54, 1.807) is 0 Å². The molecule has 3 N–H and O–H groups in total. The molecule has 0 bridgehead atoms. The van der Waals surface area contributed by atoms with Crippen molar-refractivity contribution >= 4 is 33.6 Å². The number of carboxylic acid groups (broad SMARTS) is 1. The zero-order valence-electron chi connectivity index (χ0n) is 8.64. The normalized spacial score (nSPS) is 10.6. The molecule has 0 saturated heterocycles. The van der Waals surface area contributed by atoms with Crippen molar-refractivity contribution in [2.24, 2.45) is 0 Å². The van der Waals surface area contributed by atoms with Crippen LogP contribution in [0.25, 0.3) is 9.88 Å². The molecule has 2 aromatic heterocycles. The fraction of sp³-hybridized carbons (Fsp3) is 0.222. The molecule has 16 heavy (non-hydrogen) atoms. The number of nitrogen functional groups attached to an aromatic ring is 1. The number of nitrogens with two attached hydrogens (primary N) is 1. The molecular weight excluding hydrogens is 246 g/mol. The summed E-state index contributed by atoms with van der Waals surface area (Å²) in [6.45, 7) is 3.77. The predicted octanol–water partition coefficient (Wildman–Crippen LogP) is 2.16. The van der Waals surface area contributed by atoms with E-state index in [4.69, 9.17) is 10.8 Å². The number of hydrogen-bond donors (Lipinski definition) is 2. The van der Waals surface area contributed by atoms with Crippen LogP contribution in [0.1, 0.15) is 21.2 Å². The molecule has 2 aromatic rings. The number of aromatic carboxylic acids is 1. The summed E-state index contributed by atoms with van der Waals surface area (Å²) in [5.74, 6) is -1.10. The second kappa shape index (κ2) is 3.84. The van der Waals surface area contributed by atoms with Crippen molar-refractivity contribution in [1.29, 1.82) is 0 Å². The number of carbonyl (C=O) groups is 1. The first kappa shape index (κ1) is 11.0. The number of hydrogen-bond acceptors (Lipinski definition) is 6. The van der Waals surface area contributed by atoms with Crippen LogP contribution in [0.15, 0.2) is 0 Å². The quantitative estimate of drug-likeness (QED) is 0.858. The van der Waals surface area contributed by atoms with Gasteiger partial charge < -0.3 is 10.8 Å². The maximum atomic E-state index is 10.8. The average molecular weight is 255 g/mol. The lowest BCUT2D eigenvalue weighted by Crippen LogP contribution is -2.00. The SMILES string of the molecule is Cc1nc(C)c(-c2nc(C(=O)O)c(N)s2)s1. The minimum Gasteiger partial charge on any atom is -0.476 e. The molecular formula is C9H9N3O2S2. The second-order valence-electron chi connectivity index (χ2n) is 3.18. The molecule has 0 aliphatic heterocycles. The first-order valence-electron chi connectivity index (χ1n) is 4.43. The molecule has 0 atom stereocenters. The Morgan fingerprint density at radius 3 is 2.44 bits per heavy atom. The first-order valence-corrected chi connectivity index (χ1v) is 6.06. The lowest BCUT2D eigenvalue weighted by atomic mass is 10.4. The van der Waals surface area contributed by atoms with E-state index in [2.05, 4.69) is 9.97 Å². The highest BCUT2D eigenvalue weighted by atomic mass is 32.1. The minimum absolute atomic E-state index is 0.0783. The summed E-state index contributed by atoms with van der Waals surface area (Å²) in [7, 11) is 0. The van der Waals surface area contributed by atoms with Crippen LogP contribution in [0, 0.1) is 13.8 Å². The summed E-state index contributed by atoms with van der Waals surface area (Å²) < 4.78 is 0. The predicted molar refractivity (Wildman–Crippen MR) is 64.1 cm³/mol. The summed E-state index contributed by atoms with van der Waals surface area (Å²) >= 11 is 2.67. The Morgan fingerprint density at radius 2 is 2.00 bits per heavy atom. The van der Waals surface area contributed by atoms with E-state index in [0.29, 0.717) is 5.01 Å². The Labute approximate surface area is 99.6 Å². The molecule has 0 aliphatic carbocycles. The molecule has 0 amide bonds. The number of carboxylic acids is 1. The van der Waals surface area contributed by atoms with Crippen molar-refractivity contribution in [2.75, 3.05) is 5.73 Å². The third-order valence-corrected chi connectivity index (χ3v) is 4.06. The number of aromatic nitrogens is 2. The van der Waals surface area contributed by atoms with E-state index in [0.717, 1.165) is 15.6 Å². The molecule has 0 aliphatic rings. The first-order chi connectivity index (χ1) is 7.49. The Kier molecular flexibility index (Phi) is 2.64. The summed E-state index contributed by atoms with van der Waals surface area (Å²) in [4.78, 5) is 20.0. The van der Waals surface area contributed by atoms with Crippen molar-refractivity contribution in [3.05, 3.63) is 16.4 Å². The maximum Gasteiger partial charge on any atom is 0.357 e. The molecule has 7 heteroatoms. The molecule has 0 aromatic carbocycles. The van der Waals surface area contributed by atoms with E-state index in [-0.39, 0.29) is 10.7 Å². The number of nitrogens with zero attached hydrogens (tertiary/aromatic N) is 2. The number of thiazole rings is 2. The Morgan fingerprint density at radius 1 is 1.31 bits per heavy atom. The maximum absolute atomic E-state index is 10.8. The number of rotatable bonds is 2. The summed E-state index contributed by atoms with van der Waals surface area (Å²) in [6, 6.07) is 0. The van der Waals surface area contributed by atoms with E-state index in [1.807, 2.05) is 13.8 Å². The highest BCUT2D eigenvalue weighted by Crippen LogP contribution is 2.35. The van der Waals surface area contributed by atoms with Crippen molar-refractivity contribution in [3.8, 4) is 9.88 Å². The van der Waals surface area contributed by atoms with Crippen LogP contribution in [0.4, 0.5) is 5.00 Å². The summed E-state index contributed by atoms with van der Waals surface area (Å²) in [6.07, 6.45) is 0. The van der Waals surface area contributed by atoms with Gasteiger partial charge in [-0.3, -0.25) is 0 Å². The summed E-state index contributed by atoms with van der Waals surface area (Å²) in [5, 5.41) is 10.6. The molecule has 5 nitrogen and oxygen atoms in total. The molecule has 0 saturated carbocycles. The van der Waals surface area contributed by atoms with Gasteiger partial charge in [0.05, 0.1) is 15.6 Å². The molecule has 0 unspecified atom stereocenters. The van der Waals surface area contributed by atoms with Crippen LogP contribution in [0.2, 0.25) is 0 Å². The highest BCUT2D eigenvalue weighted by molar-refractivity contribution is 7.23. The van der Waals surface area contributed by atoms with Crippen molar-refractivity contribution in [3.63, 3.8) is 0 Å². The van der Waals surface area contributed by atoms with Gasteiger partial charge in [0.2, 0.25) is 0 Å². The Hall–Kier alpha value is -1.47. The lowest BCUT2D eigenvalue weighted by molar-refractivity contribution is 0.0692. The van der Waals surface area contributed by atoms with Crippen molar-refractivity contribution in [1.82, 2.24) is 9.97 Å². The van der Waals surface area contributed by atoms with Crippen molar-refractivity contribution in [2.45, 2.75) is 13.8 Å². The molecule has 2 rings (SSSR count). The zero-order valence-corrected chi connectivity index (χ0v) is 10.3. The third-order valence-electron chi connectivity index (χ3n) is 1.95. The second-order valence-corrected chi connectivity index (χ2v) is 5.42. The summed E-state index contributed by atoms with van der Waals surface area (Å²) in [5.41, 5.74) is 6.37. The van der Waals surface area contributed by atoms with Gasteiger partial charge in [-0.05, 0) is 13.8 Å². The van der Waals surface area contributed by atoms with Crippen LogP contribution >= 0.6 is 22.7 Å². The van der Waals surface area contributed by atoms with Gasteiger partial charge in [-0.1, -0.05) is 11.3 Å². The van der Waals surface area contributed by atoms with Gasteiger partial charge in [0.25, 0.3) is 0 Å². The topological polar surface area (TPSA) is 89.1 Å². The van der Waals surface area contributed by atoms with E-state index in [9.17, 15) is 4.79 Å². The fourth-order valence-corrected chi connectivity index (χ4v) is 3.18. The number of anilines is 1. The highest BCUT2D eigenvalue weighted by Gasteiger charge is 2.18. The average Bonchev–Trinajstić information content (AvgIpc) is 2.69. The van der Waals surface area contributed by atoms with E-state index < -0.39 is 5.97 Å². The Bertz CT molecular complexity index is 559. The van der Waals surface area contributed by atoms with Gasteiger partial charge in [-0.2, -0.15) is 0 Å². The van der Waals surface area contributed by atoms with Crippen LogP contribution in [0.5, 0.6) is 0 Å². The molecule has 2 heterocycles. The van der Waals surface area contributed by atoms with E-state index >= 15 is 0 Å². The molecule has 0 radical (unpaired) electrons. The lowest BCUT2D eigenvalue weighted by Gasteiger charge is -1.89. The standard InChI is InChI=1S/C9H9N3O2S2/c1-3-6(15-4(2)11-3)8-12-5(9(13)14)7(10)16-8/h10H2,1-2H3,(H,13,14). The van der Waals surface area contributed by atoms with Gasteiger partial charge in [-0.25, -0.2) is 14.8 Å². The largest absolute Gasteiger partial charge is 0.476 e.